The highest BCUT2D eigenvalue weighted by Gasteiger charge is 2.29. The molecule has 0 spiro atoms. The van der Waals surface area contributed by atoms with Gasteiger partial charge in [-0.2, -0.15) is 0 Å². The summed E-state index contributed by atoms with van der Waals surface area (Å²) in [6, 6.07) is 3.21. The molecular weight excluding hydrogens is 298 g/mol. The quantitative estimate of drug-likeness (QED) is 0.866. The predicted octanol–water partition coefficient (Wildman–Crippen LogP) is 1.46. The largest absolute Gasteiger partial charge is 0.504 e. The fourth-order valence-corrected chi connectivity index (χ4v) is 2.84. The minimum Gasteiger partial charge on any atom is -0.504 e. The topological polar surface area (TPSA) is 84.1 Å². The van der Waals surface area contributed by atoms with Crippen LogP contribution in [0, 0.1) is 5.92 Å². The number of hydrogen-bond acceptors (Lipinski definition) is 5. The van der Waals surface area contributed by atoms with Crippen molar-refractivity contribution in [2.45, 2.75) is 19.8 Å². The van der Waals surface area contributed by atoms with E-state index < -0.39 is 0 Å². The van der Waals surface area contributed by atoms with E-state index in [-0.39, 0.29) is 23.5 Å². The van der Waals surface area contributed by atoms with Crippen LogP contribution in [0.5, 0.6) is 5.75 Å². The number of carbonyl (C=O) groups is 2. The number of nitrogens with zero attached hydrogens (tertiary/aromatic N) is 3. The zero-order valence-corrected chi connectivity index (χ0v) is 12.9. The number of piperidine rings is 1. The molecule has 1 aliphatic heterocycles. The first-order valence-corrected chi connectivity index (χ1v) is 7.72. The maximum Gasteiger partial charge on any atom is 0.309 e. The summed E-state index contributed by atoms with van der Waals surface area (Å²) in [7, 11) is 0. The number of aromatic hydroxyl groups is 1. The van der Waals surface area contributed by atoms with Gasteiger partial charge in [-0.15, -0.1) is 0 Å². The van der Waals surface area contributed by atoms with Gasteiger partial charge in [0.25, 0.3) is 5.91 Å². The van der Waals surface area contributed by atoms with E-state index in [1.807, 2.05) is 0 Å². The number of fused-ring (bicyclic) bond motifs is 1. The molecule has 0 aliphatic carbocycles. The Morgan fingerprint density at radius 2 is 2.13 bits per heavy atom. The average Bonchev–Trinajstić information content (AvgIpc) is 3.00. The molecule has 23 heavy (non-hydrogen) atoms. The van der Waals surface area contributed by atoms with Crippen LogP contribution < -0.4 is 0 Å². The van der Waals surface area contributed by atoms with Gasteiger partial charge in [-0.3, -0.25) is 9.59 Å². The van der Waals surface area contributed by atoms with Crippen LogP contribution in [0.25, 0.3) is 5.65 Å². The molecule has 0 radical (unpaired) electrons. The smallest absolute Gasteiger partial charge is 0.309 e. The number of pyridine rings is 1. The normalized spacial score (nSPS) is 15.8. The second-order valence-corrected chi connectivity index (χ2v) is 5.57. The average molecular weight is 317 g/mol. The summed E-state index contributed by atoms with van der Waals surface area (Å²) >= 11 is 0. The van der Waals surface area contributed by atoms with Gasteiger partial charge >= 0.3 is 5.97 Å². The molecule has 7 nitrogen and oxygen atoms in total. The van der Waals surface area contributed by atoms with Crippen LogP contribution in [0.15, 0.2) is 24.5 Å². The molecule has 0 unspecified atom stereocenters. The lowest BCUT2D eigenvalue weighted by atomic mass is 9.97. The van der Waals surface area contributed by atoms with Gasteiger partial charge in [-0.1, -0.05) is 0 Å². The lowest BCUT2D eigenvalue weighted by Gasteiger charge is -2.30. The van der Waals surface area contributed by atoms with E-state index in [0.717, 1.165) is 0 Å². The number of ether oxygens (including phenoxy) is 1. The summed E-state index contributed by atoms with van der Waals surface area (Å²) in [6.45, 7) is 3.17. The maximum absolute atomic E-state index is 12.5. The molecule has 1 aliphatic rings. The van der Waals surface area contributed by atoms with Gasteiger partial charge in [0.15, 0.2) is 11.4 Å². The highest BCUT2D eigenvalue weighted by molar-refractivity contribution is 5.93. The van der Waals surface area contributed by atoms with Gasteiger partial charge in [0.1, 0.15) is 5.69 Å². The first kappa shape index (κ1) is 15.3. The monoisotopic (exact) mass is 317 g/mol. The van der Waals surface area contributed by atoms with Crippen LogP contribution in [0.2, 0.25) is 0 Å². The summed E-state index contributed by atoms with van der Waals surface area (Å²) in [6.07, 6.45) is 4.53. The number of esters is 1. The Morgan fingerprint density at radius 1 is 1.39 bits per heavy atom. The van der Waals surface area contributed by atoms with Crippen molar-refractivity contribution in [1.29, 1.82) is 0 Å². The molecule has 0 atom stereocenters. The number of amides is 1. The molecule has 122 valence electrons. The first-order valence-electron chi connectivity index (χ1n) is 7.72. The first-order chi connectivity index (χ1) is 11.1. The van der Waals surface area contributed by atoms with Crippen LogP contribution in [0.4, 0.5) is 0 Å². The van der Waals surface area contributed by atoms with Crippen LogP contribution in [-0.4, -0.2) is 51.0 Å². The molecule has 1 N–H and O–H groups in total. The minimum atomic E-state index is -0.185. The van der Waals surface area contributed by atoms with Crippen molar-refractivity contribution >= 4 is 17.5 Å². The Labute approximate surface area is 133 Å². The van der Waals surface area contributed by atoms with Crippen LogP contribution in [0.3, 0.4) is 0 Å². The van der Waals surface area contributed by atoms with Crippen molar-refractivity contribution in [3.63, 3.8) is 0 Å². The van der Waals surface area contributed by atoms with Crippen molar-refractivity contribution in [2.75, 3.05) is 19.7 Å². The molecule has 0 saturated carbocycles. The molecule has 1 saturated heterocycles. The van der Waals surface area contributed by atoms with Gasteiger partial charge in [0, 0.05) is 25.5 Å². The van der Waals surface area contributed by atoms with Gasteiger partial charge < -0.3 is 19.1 Å². The molecule has 3 rings (SSSR count). The molecule has 3 heterocycles. The predicted molar refractivity (Wildman–Crippen MR) is 82.1 cm³/mol. The number of rotatable bonds is 3. The molecule has 2 aromatic rings. The highest BCUT2D eigenvalue weighted by Crippen LogP contribution is 2.22. The molecule has 7 heteroatoms. The fourth-order valence-electron chi connectivity index (χ4n) is 2.84. The number of carbonyl (C=O) groups excluding carboxylic acids is 2. The van der Waals surface area contributed by atoms with Gasteiger partial charge in [-0.05, 0) is 31.9 Å². The second-order valence-electron chi connectivity index (χ2n) is 5.57. The van der Waals surface area contributed by atoms with Crippen molar-refractivity contribution in [3.05, 3.63) is 30.2 Å². The Bertz CT molecular complexity index is 732. The molecule has 1 fully saturated rings. The number of hydrogen-bond donors (Lipinski definition) is 1. The summed E-state index contributed by atoms with van der Waals surface area (Å²) in [5.74, 6) is -0.468. The fraction of sp³-hybridized carbons (Fsp3) is 0.438. The van der Waals surface area contributed by atoms with E-state index in [1.54, 1.807) is 34.7 Å². The summed E-state index contributed by atoms with van der Waals surface area (Å²) in [4.78, 5) is 30.2. The number of likely N-dealkylation sites (tertiary alicyclic amines) is 1. The van der Waals surface area contributed by atoms with E-state index in [0.29, 0.717) is 43.9 Å². The van der Waals surface area contributed by atoms with Gasteiger partial charge in [0.05, 0.1) is 12.5 Å². The maximum atomic E-state index is 12.5. The van der Waals surface area contributed by atoms with Crippen molar-refractivity contribution in [2.24, 2.45) is 5.92 Å². The van der Waals surface area contributed by atoms with E-state index in [9.17, 15) is 14.7 Å². The zero-order valence-electron chi connectivity index (χ0n) is 12.9. The van der Waals surface area contributed by atoms with Gasteiger partial charge in [0.2, 0.25) is 0 Å². The SMILES string of the molecule is CCOC(=O)C1CCN(C(=O)c2cn3cccc(O)c3n2)CC1. The molecule has 0 bridgehead atoms. The molecular formula is C16H19N3O4. The zero-order chi connectivity index (χ0) is 16.4. The van der Waals surface area contributed by atoms with Crippen molar-refractivity contribution in [3.8, 4) is 5.75 Å². The Hall–Kier alpha value is -2.57. The third-order valence-electron chi connectivity index (χ3n) is 4.08. The lowest BCUT2D eigenvalue weighted by Crippen LogP contribution is -2.40. The summed E-state index contributed by atoms with van der Waals surface area (Å²) in [5, 5.41) is 9.76. The van der Waals surface area contributed by atoms with Crippen LogP contribution >= 0.6 is 0 Å². The number of imidazole rings is 1. The lowest BCUT2D eigenvalue weighted by molar-refractivity contribution is -0.149. The van der Waals surface area contributed by atoms with Crippen molar-refractivity contribution in [1.82, 2.24) is 14.3 Å². The second kappa shape index (κ2) is 6.28. The standard InChI is InChI=1S/C16H19N3O4/c1-2-23-16(22)11-5-8-18(9-6-11)15(21)12-10-19-7-3-4-13(20)14(19)17-12/h3-4,7,10-11,20H,2,5-6,8-9H2,1H3. The summed E-state index contributed by atoms with van der Waals surface area (Å²) in [5.41, 5.74) is 0.651. The molecule has 0 aromatic carbocycles. The Morgan fingerprint density at radius 3 is 2.78 bits per heavy atom. The summed E-state index contributed by atoms with van der Waals surface area (Å²) < 4.78 is 6.65. The van der Waals surface area contributed by atoms with Crippen molar-refractivity contribution < 1.29 is 19.4 Å². The third kappa shape index (κ3) is 2.99. The van der Waals surface area contributed by atoms with Crippen LogP contribution in [0.1, 0.15) is 30.3 Å². The molecule has 1 amide bonds. The van der Waals surface area contributed by atoms with Gasteiger partial charge in [-0.25, -0.2) is 4.98 Å². The Kier molecular flexibility index (Phi) is 4.18. The Balaban J connectivity index is 1.69. The highest BCUT2D eigenvalue weighted by atomic mass is 16.5. The van der Waals surface area contributed by atoms with E-state index in [2.05, 4.69) is 4.98 Å². The minimum absolute atomic E-state index is 0.0348. The van der Waals surface area contributed by atoms with E-state index in [4.69, 9.17) is 4.74 Å². The number of aromatic nitrogens is 2. The van der Waals surface area contributed by atoms with E-state index >= 15 is 0 Å². The molecule has 2 aromatic heterocycles. The van der Waals surface area contributed by atoms with Crippen LogP contribution in [-0.2, 0) is 9.53 Å². The van der Waals surface area contributed by atoms with E-state index in [1.165, 1.54) is 6.07 Å². The third-order valence-corrected chi connectivity index (χ3v) is 4.08.